The number of thioether (sulfide) groups is 1. The normalized spacial score (nSPS) is 10.1. The number of aromatic nitrogens is 1. The summed E-state index contributed by atoms with van der Waals surface area (Å²) in [5.74, 6) is 1.06. The van der Waals surface area contributed by atoms with Gasteiger partial charge in [-0.05, 0) is 6.42 Å². The predicted molar refractivity (Wildman–Crippen MR) is 45.6 cm³/mol. The number of halogens is 1. The molecule has 56 valence electrons. The molecule has 0 aliphatic rings. The van der Waals surface area contributed by atoms with Crippen molar-refractivity contribution < 1.29 is 4.42 Å². The molecule has 1 aromatic heterocycles. The molecular formula is C6H8BrNOS. The van der Waals surface area contributed by atoms with Crippen LogP contribution in [0, 0.1) is 0 Å². The van der Waals surface area contributed by atoms with Gasteiger partial charge in [-0.15, -0.1) is 0 Å². The Bertz CT molecular complexity index is 166. The zero-order valence-corrected chi connectivity index (χ0v) is 7.82. The smallest absolute Gasteiger partial charge is 0.255 e. The van der Waals surface area contributed by atoms with E-state index in [1.165, 1.54) is 0 Å². The third-order valence-electron chi connectivity index (χ3n) is 0.913. The fourth-order valence-corrected chi connectivity index (χ4v) is 1.87. The maximum absolute atomic E-state index is 5.02. The Balaban J connectivity index is 2.15. The fourth-order valence-electron chi connectivity index (χ4n) is 0.496. The molecule has 0 saturated heterocycles. The molecule has 0 aliphatic carbocycles. The molecule has 0 fully saturated rings. The SMILES string of the molecule is BrCCCSc1ncco1. The summed E-state index contributed by atoms with van der Waals surface area (Å²) in [4.78, 5) is 3.97. The molecule has 1 heterocycles. The van der Waals surface area contributed by atoms with E-state index in [1.807, 2.05) is 0 Å². The second-order valence-corrected chi connectivity index (χ2v) is 3.53. The highest BCUT2D eigenvalue weighted by atomic mass is 79.9. The quantitative estimate of drug-likeness (QED) is 0.444. The summed E-state index contributed by atoms with van der Waals surface area (Å²) in [6, 6.07) is 0. The summed E-state index contributed by atoms with van der Waals surface area (Å²) in [6.45, 7) is 0. The number of alkyl halides is 1. The largest absolute Gasteiger partial charge is 0.440 e. The molecule has 0 saturated carbocycles. The Hall–Kier alpha value is 0.0400. The van der Waals surface area contributed by atoms with Crippen molar-refractivity contribution in [3.05, 3.63) is 12.5 Å². The van der Waals surface area contributed by atoms with Crippen molar-refractivity contribution in [3.8, 4) is 0 Å². The van der Waals surface area contributed by atoms with Gasteiger partial charge in [-0.1, -0.05) is 27.7 Å². The molecule has 0 unspecified atom stereocenters. The van der Waals surface area contributed by atoms with Crippen LogP contribution >= 0.6 is 27.7 Å². The highest BCUT2D eigenvalue weighted by Gasteiger charge is 1.95. The van der Waals surface area contributed by atoms with Crippen molar-refractivity contribution in [1.29, 1.82) is 0 Å². The highest BCUT2D eigenvalue weighted by molar-refractivity contribution is 9.09. The van der Waals surface area contributed by atoms with Gasteiger partial charge in [0, 0.05) is 11.1 Å². The molecule has 0 bridgehead atoms. The van der Waals surface area contributed by atoms with E-state index < -0.39 is 0 Å². The number of rotatable bonds is 4. The Kier molecular flexibility index (Phi) is 3.90. The van der Waals surface area contributed by atoms with E-state index in [0.717, 1.165) is 22.7 Å². The molecule has 0 aromatic carbocycles. The van der Waals surface area contributed by atoms with Crippen LogP contribution in [0.15, 0.2) is 22.1 Å². The van der Waals surface area contributed by atoms with E-state index in [0.29, 0.717) is 0 Å². The van der Waals surface area contributed by atoms with Crippen LogP contribution in [0.2, 0.25) is 0 Å². The average Bonchev–Trinajstić information content (AvgIpc) is 2.41. The molecule has 4 heteroatoms. The molecule has 0 N–H and O–H groups in total. The van der Waals surface area contributed by atoms with Gasteiger partial charge >= 0.3 is 0 Å². The van der Waals surface area contributed by atoms with Gasteiger partial charge in [0.05, 0.1) is 6.20 Å². The Morgan fingerprint density at radius 1 is 1.70 bits per heavy atom. The lowest BCUT2D eigenvalue weighted by Gasteiger charge is -1.90. The van der Waals surface area contributed by atoms with Crippen molar-refractivity contribution in [2.24, 2.45) is 0 Å². The van der Waals surface area contributed by atoms with Gasteiger partial charge in [-0.3, -0.25) is 0 Å². The molecule has 0 atom stereocenters. The molecule has 0 spiro atoms. The zero-order chi connectivity index (χ0) is 7.23. The lowest BCUT2D eigenvalue weighted by atomic mass is 10.6. The van der Waals surface area contributed by atoms with Gasteiger partial charge in [0.25, 0.3) is 5.22 Å². The molecule has 0 aliphatic heterocycles. The van der Waals surface area contributed by atoms with Crippen LogP contribution < -0.4 is 0 Å². The van der Waals surface area contributed by atoms with Crippen LogP contribution in [0.1, 0.15) is 6.42 Å². The zero-order valence-electron chi connectivity index (χ0n) is 5.42. The molecule has 10 heavy (non-hydrogen) atoms. The summed E-state index contributed by atoms with van der Waals surface area (Å²) in [5, 5.41) is 1.81. The standard InChI is InChI=1S/C6H8BrNOS/c7-2-1-5-10-6-8-3-4-9-6/h3-4H,1-2,5H2. The first-order valence-corrected chi connectivity index (χ1v) is 5.12. The summed E-state index contributed by atoms with van der Waals surface area (Å²) in [6.07, 6.45) is 4.40. The van der Waals surface area contributed by atoms with Crippen LogP contribution in [-0.4, -0.2) is 16.1 Å². The van der Waals surface area contributed by atoms with Crippen LogP contribution in [0.4, 0.5) is 0 Å². The summed E-state index contributed by atoms with van der Waals surface area (Å²) >= 11 is 4.99. The van der Waals surface area contributed by atoms with Gasteiger partial charge in [-0.25, -0.2) is 4.98 Å². The third-order valence-corrected chi connectivity index (χ3v) is 2.42. The second-order valence-electron chi connectivity index (χ2n) is 1.69. The maximum atomic E-state index is 5.02. The minimum absolute atomic E-state index is 0.765. The Morgan fingerprint density at radius 2 is 2.60 bits per heavy atom. The van der Waals surface area contributed by atoms with Crippen LogP contribution in [0.25, 0.3) is 0 Å². The maximum Gasteiger partial charge on any atom is 0.255 e. The van der Waals surface area contributed by atoms with E-state index in [4.69, 9.17) is 4.42 Å². The summed E-state index contributed by atoms with van der Waals surface area (Å²) < 4.78 is 5.02. The van der Waals surface area contributed by atoms with Crippen molar-refractivity contribution >= 4 is 27.7 Å². The minimum atomic E-state index is 0.765. The third kappa shape index (κ3) is 2.75. The Labute approximate surface area is 72.5 Å². The van der Waals surface area contributed by atoms with E-state index in [-0.39, 0.29) is 0 Å². The Morgan fingerprint density at radius 3 is 3.20 bits per heavy atom. The lowest BCUT2D eigenvalue weighted by Crippen LogP contribution is -1.79. The minimum Gasteiger partial charge on any atom is -0.440 e. The number of oxazole rings is 1. The van der Waals surface area contributed by atoms with E-state index in [2.05, 4.69) is 20.9 Å². The first kappa shape index (κ1) is 8.14. The first-order valence-electron chi connectivity index (χ1n) is 3.02. The molecule has 0 amide bonds. The number of nitrogens with zero attached hydrogens (tertiary/aromatic N) is 1. The van der Waals surface area contributed by atoms with Crippen molar-refractivity contribution in [1.82, 2.24) is 4.98 Å². The lowest BCUT2D eigenvalue weighted by molar-refractivity contribution is 0.454. The first-order chi connectivity index (χ1) is 4.93. The molecule has 1 aromatic rings. The van der Waals surface area contributed by atoms with Gasteiger partial charge in [0.15, 0.2) is 0 Å². The number of hydrogen-bond donors (Lipinski definition) is 0. The summed E-state index contributed by atoms with van der Waals surface area (Å²) in [7, 11) is 0. The molecule has 2 nitrogen and oxygen atoms in total. The van der Waals surface area contributed by atoms with Crippen LogP contribution in [0.3, 0.4) is 0 Å². The average molecular weight is 222 g/mol. The van der Waals surface area contributed by atoms with Gasteiger partial charge in [0.2, 0.25) is 0 Å². The fraction of sp³-hybridized carbons (Fsp3) is 0.500. The number of hydrogen-bond acceptors (Lipinski definition) is 3. The summed E-state index contributed by atoms with van der Waals surface area (Å²) in [5.41, 5.74) is 0. The van der Waals surface area contributed by atoms with Crippen LogP contribution in [-0.2, 0) is 0 Å². The molecular weight excluding hydrogens is 214 g/mol. The van der Waals surface area contributed by atoms with Crippen molar-refractivity contribution in [2.45, 2.75) is 11.6 Å². The molecule has 0 radical (unpaired) electrons. The second kappa shape index (κ2) is 4.79. The van der Waals surface area contributed by atoms with E-state index in [9.17, 15) is 0 Å². The highest BCUT2D eigenvalue weighted by Crippen LogP contribution is 2.15. The van der Waals surface area contributed by atoms with E-state index >= 15 is 0 Å². The topological polar surface area (TPSA) is 26.0 Å². The monoisotopic (exact) mass is 221 g/mol. The van der Waals surface area contributed by atoms with Crippen LogP contribution in [0.5, 0.6) is 0 Å². The van der Waals surface area contributed by atoms with Gasteiger partial charge in [0.1, 0.15) is 6.26 Å². The van der Waals surface area contributed by atoms with Crippen molar-refractivity contribution in [3.63, 3.8) is 0 Å². The van der Waals surface area contributed by atoms with Gasteiger partial charge < -0.3 is 4.42 Å². The van der Waals surface area contributed by atoms with Crippen molar-refractivity contribution in [2.75, 3.05) is 11.1 Å². The van der Waals surface area contributed by atoms with Gasteiger partial charge in [-0.2, -0.15) is 0 Å². The van der Waals surface area contributed by atoms with E-state index in [1.54, 1.807) is 24.2 Å². The predicted octanol–water partition coefficient (Wildman–Crippen LogP) is 2.55. The molecule has 1 rings (SSSR count).